The molecule has 0 radical (unpaired) electrons. The largest absolute Gasteiger partial charge is 0.495 e. The average Bonchev–Trinajstić information content (AvgIpc) is 3.26. The summed E-state index contributed by atoms with van der Waals surface area (Å²) in [6, 6.07) is 20.5. The minimum absolute atomic E-state index is 0.170. The molecule has 6 heteroatoms. The van der Waals surface area contributed by atoms with Crippen LogP contribution < -0.4 is 10.1 Å². The standard InChI is InChI=1S/C27H23BrN2O3/c1-33-26-9-5-2-6-19(26)12-10-18-11-13-24(28)23(14-18)27(32)30-21(17-31)15-20-16-29-25-8-4-3-7-22(20)25/h2-9,11,13-14,16,21,29,31H,15,17H2,1H3,(H,30,32). The van der Waals surface area contributed by atoms with Crippen molar-refractivity contribution in [2.45, 2.75) is 12.5 Å². The highest BCUT2D eigenvalue weighted by Gasteiger charge is 2.17. The molecule has 0 fully saturated rings. The van der Waals surface area contributed by atoms with E-state index in [1.165, 1.54) is 0 Å². The third-order valence-corrected chi connectivity index (χ3v) is 6.05. The Morgan fingerprint density at radius 1 is 1.12 bits per heavy atom. The first-order valence-corrected chi connectivity index (χ1v) is 11.3. The number of hydrogen-bond donors (Lipinski definition) is 3. The lowest BCUT2D eigenvalue weighted by Gasteiger charge is -2.17. The summed E-state index contributed by atoms with van der Waals surface area (Å²) < 4.78 is 6.00. The van der Waals surface area contributed by atoms with Crippen LogP contribution >= 0.6 is 15.9 Å². The van der Waals surface area contributed by atoms with Crippen LogP contribution in [0.3, 0.4) is 0 Å². The fourth-order valence-corrected chi connectivity index (χ4v) is 4.08. The Morgan fingerprint density at radius 2 is 1.91 bits per heavy atom. The maximum Gasteiger partial charge on any atom is 0.252 e. The van der Waals surface area contributed by atoms with Crippen LogP contribution in [0.5, 0.6) is 5.75 Å². The minimum atomic E-state index is -0.424. The number of aromatic nitrogens is 1. The fourth-order valence-electron chi connectivity index (χ4n) is 3.65. The average molecular weight is 503 g/mol. The van der Waals surface area contributed by atoms with Gasteiger partial charge in [-0.2, -0.15) is 0 Å². The molecule has 33 heavy (non-hydrogen) atoms. The molecule has 0 aliphatic rings. The van der Waals surface area contributed by atoms with Crippen molar-refractivity contribution in [1.82, 2.24) is 10.3 Å². The highest BCUT2D eigenvalue weighted by Crippen LogP contribution is 2.21. The zero-order valence-electron chi connectivity index (χ0n) is 18.1. The zero-order chi connectivity index (χ0) is 23.2. The zero-order valence-corrected chi connectivity index (χ0v) is 19.6. The first-order valence-electron chi connectivity index (χ1n) is 10.5. The molecule has 1 unspecified atom stereocenters. The van der Waals surface area contributed by atoms with Gasteiger partial charge in [0.05, 0.1) is 30.9 Å². The Kier molecular flexibility index (Phi) is 7.13. The quantitative estimate of drug-likeness (QED) is 0.335. The molecule has 3 aromatic carbocycles. The second kappa shape index (κ2) is 10.4. The van der Waals surface area contributed by atoms with E-state index in [0.29, 0.717) is 27.8 Å². The van der Waals surface area contributed by atoms with E-state index in [9.17, 15) is 9.90 Å². The number of aliphatic hydroxyl groups excluding tert-OH is 1. The van der Waals surface area contributed by atoms with Gasteiger partial charge < -0.3 is 20.1 Å². The third kappa shape index (κ3) is 5.28. The van der Waals surface area contributed by atoms with Crippen molar-refractivity contribution in [3.05, 3.63) is 99.7 Å². The molecule has 0 aliphatic carbocycles. The van der Waals surface area contributed by atoms with Crippen molar-refractivity contribution >= 4 is 32.7 Å². The van der Waals surface area contributed by atoms with E-state index in [1.54, 1.807) is 19.2 Å². The number of carbonyl (C=O) groups is 1. The SMILES string of the molecule is COc1ccccc1C#Cc1ccc(Br)c(C(=O)NC(CO)Cc2c[nH]c3ccccc23)c1. The van der Waals surface area contributed by atoms with E-state index in [1.807, 2.05) is 60.8 Å². The van der Waals surface area contributed by atoms with Crippen LogP contribution in [0.25, 0.3) is 10.9 Å². The van der Waals surface area contributed by atoms with Gasteiger partial charge in [0.2, 0.25) is 0 Å². The van der Waals surface area contributed by atoms with Crippen molar-refractivity contribution in [1.29, 1.82) is 0 Å². The van der Waals surface area contributed by atoms with Crippen LogP contribution in [0.15, 0.2) is 77.4 Å². The van der Waals surface area contributed by atoms with E-state index in [0.717, 1.165) is 22.0 Å². The van der Waals surface area contributed by atoms with E-state index >= 15 is 0 Å². The number of halogens is 1. The summed E-state index contributed by atoms with van der Waals surface area (Å²) in [5.41, 5.74) is 4.00. The molecule has 0 aliphatic heterocycles. The van der Waals surface area contributed by atoms with Gasteiger partial charge in [0.15, 0.2) is 0 Å². The Bertz CT molecular complexity index is 1350. The molecule has 5 nitrogen and oxygen atoms in total. The van der Waals surface area contributed by atoms with Gasteiger partial charge in [-0.05, 0) is 64.3 Å². The lowest BCUT2D eigenvalue weighted by Crippen LogP contribution is -2.39. The summed E-state index contributed by atoms with van der Waals surface area (Å²) in [5.74, 6) is 6.62. The molecule has 0 spiro atoms. The molecular weight excluding hydrogens is 480 g/mol. The molecular formula is C27H23BrN2O3. The normalized spacial score (nSPS) is 11.5. The van der Waals surface area contributed by atoms with Gasteiger partial charge in [0.25, 0.3) is 5.91 Å². The second-order valence-electron chi connectivity index (χ2n) is 7.56. The van der Waals surface area contributed by atoms with E-state index in [4.69, 9.17) is 4.74 Å². The Hall–Kier alpha value is -3.53. The van der Waals surface area contributed by atoms with Crippen molar-refractivity contribution < 1.29 is 14.6 Å². The number of amides is 1. The van der Waals surface area contributed by atoms with Gasteiger partial charge in [-0.3, -0.25) is 4.79 Å². The maximum atomic E-state index is 13.0. The number of hydrogen-bond acceptors (Lipinski definition) is 3. The molecule has 0 saturated carbocycles. The van der Waals surface area contributed by atoms with Gasteiger partial charge in [0, 0.05) is 27.1 Å². The Balaban J connectivity index is 1.52. The fraction of sp³-hybridized carbons (Fsp3) is 0.148. The van der Waals surface area contributed by atoms with Crippen molar-refractivity contribution in [3.8, 4) is 17.6 Å². The summed E-state index contributed by atoms with van der Waals surface area (Å²) in [6.45, 7) is -0.170. The number of H-pyrrole nitrogens is 1. The van der Waals surface area contributed by atoms with Gasteiger partial charge in [-0.25, -0.2) is 0 Å². The summed E-state index contributed by atoms with van der Waals surface area (Å²) in [7, 11) is 1.61. The number of ether oxygens (including phenoxy) is 1. The van der Waals surface area contributed by atoms with Crippen molar-refractivity contribution in [2.24, 2.45) is 0 Å². The van der Waals surface area contributed by atoms with Crippen LogP contribution in [0.2, 0.25) is 0 Å². The summed E-state index contributed by atoms with van der Waals surface area (Å²) >= 11 is 3.46. The molecule has 3 N–H and O–H groups in total. The number of benzene rings is 3. The van der Waals surface area contributed by atoms with E-state index < -0.39 is 6.04 Å². The molecule has 0 saturated heterocycles. The van der Waals surface area contributed by atoms with Crippen molar-refractivity contribution in [2.75, 3.05) is 13.7 Å². The number of carbonyl (C=O) groups excluding carboxylic acids is 1. The van der Waals surface area contributed by atoms with Crippen LogP contribution in [-0.4, -0.2) is 35.8 Å². The lowest BCUT2D eigenvalue weighted by atomic mass is 10.0. The number of aromatic amines is 1. The lowest BCUT2D eigenvalue weighted by molar-refractivity contribution is 0.0915. The topological polar surface area (TPSA) is 74.3 Å². The monoisotopic (exact) mass is 502 g/mol. The van der Waals surface area contributed by atoms with E-state index in [2.05, 4.69) is 38.1 Å². The summed E-state index contributed by atoms with van der Waals surface area (Å²) in [6.07, 6.45) is 2.43. The first kappa shape index (κ1) is 22.7. The number of rotatable bonds is 6. The minimum Gasteiger partial charge on any atom is -0.495 e. The molecule has 4 rings (SSSR count). The number of nitrogens with one attached hydrogen (secondary N) is 2. The summed E-state index contributed by atoms with van der Waals surface area (Å²) in [5, 5.41) is 13.9. The number of para-hydroxylation sites is 2. The molecule has 0 bridgehead atoms. The van der Waals surface area contributed by atoms with Crippen molar-refractivity contribution in [3.63, 3.8) is 0 Å². The smallest absolute Gasteiger partial charge is 0.252 e. The summed E-state index contributed by atoms with van der Waals surface area (Å²) in [4.78, 5) is 16.3. The van der Waals surface area contributed by atoms with Gasteiger partial charge in [-0.1, -0.05) is 42.2 Å². The molecule has 4 aromatic rings. The van der Waals surface area contributed by atoms with Gasteiger partial charge in [0.1, 0.15) is 5.75 Å². The Morgan fingerprint density at radius 3 is 2.73 bits per heavy atom. The third-order valence-electron chi connectivity index (χ3n) is 5.36. The van der Waals surface area contributed by atoms with Crippen LogP contribution in [0, 0.1) is 11.8 Å². The highest BCUT2D eigenvalue weighted by molar-refractivity contribution is 9.10. The molecule has 1 amide bonds. The molecule has 166 valence electrons. The second-order valence-corrected chi connectivity index (χ2v) is 8.42. The molecule has 1 aromatic heterocycles. The van der Waals surface area contributed by atoms with Gasteiger partial charge >= 0.3 is 0 Å². The number of methoxy groups -OCH3 is 1. The first-order chi connectivity index (χ1) is 16.1. The van der Waals surface area contributed by atoms with E-state index in [-0.39, 0.29) is 12.5 Å². The van der Waals surface area contributed by atoms with Gasteiger partial charge in [-0.15, -0.1) is 0 Å². The van der Waals surface area contributed by atoms with Crippen LogP contribution in [0.1, 0.15) is 27.0 Å². The molecule has 1 atom stereocenters. The molecule has 1 heterocycles. The van der Waals surface area contributed by atoms with Crippen LogP contribution in [-0.2, 0) is 6.42 Å². The van der Waals surface area contributed by atoms with Crippen LogP contribution in [0.4, 0.5) is 0 Å². The highest BCUT2D eigenvalue weighted by atomic mass is 79.9. The number of fused-ring (bicyclic) bond motifs is 1. The maximum absolute atomic E-state index is 13.0. The Labute approximate surface area is 200 Å². The predicted octanol–water partition coefficient (Wildman–Crippen LogP) is 4.67. The number of aliphatic hydroxyl groups is 1. The predicted molar refractivity (Wildman–Crippen MR) is 133 cm³/mol.